The minimum Gasteiger partial charge on any atom is -0.452 e. The van der Waals surface area contributed by atoms with Crippen molar-refractivity contribution in [2.75, 3.05) is 19.8 Å². The van der Waals surface area contributed by atoms with Crippen LogP contribution >= 0.6 is 11.6 Å². The third kappa shape index (κ3) is 5.24. The van der Waals surface area contributed by atoms with Gasteiger partial charge in [-0.05, 0) is 30.0 Å². The zero-order valence-electron chi connectivity index (χ0n) is 10.2. The van der Waals surface area contributed by atoms with Crippen LogP contribution in [-0.2, 0) is 4.74 Å². The zero-order chi connectivity index (χ0) is 12.7. The molecule has 1 aromatic rings. The van der Waals surface area contributed by atoms with E-state index in [0.717, 1.165) is 13.0 Å². The molecule has 0 aliphatic carbocycles. The van der Waals surface area contributed by atoms with Crippen molar-refractivity contribution in [3.05, 3.63) is 23.1 Å². The van der Waals surface area contributed by atoms with E-state index in [1.807, 2.05) is 0 Å². The van der Waals surface area contributed by atoms with Crippen molar-refractivity contribution in [2.45, 2.75) is 20.3 Å². The predicted octanol–water partition coefficient (Wildman–Crippen LogP) is 2.73. The monoisotopic (exact) mass is 259 g/mol. The van der Waals surface area contributed by atoms with Gasteiger partial charge in [0, 0.05) is 13.2 Å². The van der Waals surface area contributed by atoms with Gasteiger partial charge in [-0.1, -0.05) is 13.8 Å². The van der Waals surface area contributed by atoms with E-state index >= 15 is 0 Å². The van der Waals surface area contributed by atoms with Gasteiger partial charge in [0.1, 0.15) is 0 Å². The van der Waals surface area contributed by atoms with Crippen LogP contribution in [0, 0.1) is 5.92 Å². The molecule has 0 aromatic carbocycles. The molecule has 1 aromatic heterocycles. The first-order chi connectivity index (χ1) is 8.11. The molecule has 1 N–H and O–H groups in total. The summed E-state index contributed by atoms with van der Waals surface area (Å²) in [4.78, 5) is 11.6. The number of nitrogens with one attached hydrogen (secondary N) is 1. The summed E-state index contributed by atoms with van der Waals surface area (Å²) >= 11 is 5.67. The smallest absolute Gasteiger partial charge is 0.256 e. The number of carbonyl (C=O) groups is 1. The fourth-order valence-electron chi connectivity index (χ4n) is 1.21. The van der Waals surface area contributed by atoms with E-state index in [-0.39, 0.29) is 11.1 Å². The van der Waals surface area contributed by atoms with E-state index in [1.54, 1.807) is 0 Å². The first kappa shape index (κ1) is 14.1. The van der Waals surface area contributed by atoms with Crippen LogP contribution in [0.1, 0.15) is 30.6 Å². The summed E-state index contributed by atoms with van der Waals surface area (Å²) in [5.41, 5.74) is 0.355. The molecular formula is C12H18ClNO3. The van der Waals surface area contributed by atoms with Gasteiger partial charge in [0.25, 0.3) is 5.91 Å². The Balaban J connectivity index is 2.11. The second kappa shape index (κ2) is 7.35. The molecule has 1 heterocycles. The highest BCUT2D eigenvalue weighted by Crippen LogP contribution is 2.15. The predicted molar refractivity (Wildman–Crippen MR) is 66.3 cm³/mol. The van der Waals surface area contributed by atoms with Crippen molar-refractivity contribution in [1.82, 2.24) is 5.32 Å². The Morgan fingerprint density at radius 3 is 2.88 bits per heavy atom. The molecule has 5 heteroatoms. The van der Waals surface area contributed by atoms with Crippen LogP contribution in [0.3, 0.4) is 0 Å². The Morgan fingerprint density at radius 1 is 1.53 bits per heavy atom. The van der Waals surface area contributed by atoms with Crippen LogP contribution in [0.4, 0.5) is 0 Å². The third-order valence-corrected chi connectivity index (χ3v) is 2.53. The summed E-state index contributed by atoms with van der Waals surface area (Å²) in [7, 11) is 0. The van der Waals surface area contributed by atoms with Crippen molar-refractivity contribution >= 4 is 17.5 Å². The van der Waals surface area contributed by atoms with Crippen molar-refractivity contribution in [3.8, 4) is 0 Å². The fourth-order valence-corrected chi connectivity index (χ4v) is 1.41. The number of carbonyl (C=O) groups excluding carboxylic acids is 1. The highest BCUT2D eigenvalue weighted by atomic mass is 35.5. The summed E-state index contributed by atoms with van der Waals surface area (Å²) < 4.78 is 10.2. The van der Waals surface area contributed by atoms with Crippen molar-refractivity contribution < 1.29 is 13.9 Å². The molecule has 0 fully saturated rings. The number of rotatable bonds is 7. The zero-order valence-corrected chi connectivity index (χ0v) is 10.9. The van der Waals surface area contributed by atoms with E-state index in [2.05, 4.69) is 19.2 Å². The first-order valence-electron chi connectivity index (χ1n) is 5.70. The second-order valence-electron chi connectivity index (χ2n) is 4.16. The molecule has 0 atom stereocenters. The molecular weight excluding hydrogens is 242 g/mol. The van der Waals surface area contributed by atoms with Gasteiger partial charge >= 0.3 is 0 Å². The van der Waals surface area contributed by atoms with E-state index in [4.69, 9.17) is 20.8 Å². The Kier molecular flexibility index (Phi) is 6.08. The van der Waals surface area contributed by atoms with E-state index < -0.39 is 0 Å². The molecule has 0 bridgehead atoms. The topological polar surface area (TPSA) is 51.5 Å². The molecule has 1 amide bonds. The minimum atomic E-state index is -0.240. The summed E-state index contributed by atoms with van der Waals surface area (Å²) in [5.74, 6) is 0.394. The fraction of sp³-hybridized carbons (Fsp3) is 0.583. The Bertz CT molecular complexity index is 349. The molecule has 0 aliphatic rings. The van der Waals surface area contributed by atoms with Crippen molar-refractivity contribution in [2.24, 2.45) is 5.92 Å². The quantitative estimate of drug-likeness (QED) is 0.766. The molecule has 0 spiro atoms. The van der Waals surface area contributed by atoms with Crippen molar-refractivity contribution in [3.63, 3.8) is 0 Å². The molecule has 0 aliphatic heterocycles. The maximum atomic E-state index is 11.6. The molecule has 4 nitrogen and oxygen atoms in total. The Labute approximate surface area is 106 Å². The molecule has 0 unspecified atom stereocenters. The average molecular weight is 260 g/mol. The number of ether oxygens (including phenoxy) is 1. The van der Waals surface area contributed by atoms with E-state index in [1.165, 1.54) is 12.3 Å². The number of amides is 1. The normalized spacial score (nSPS) is 10.8. The maximum Gasteiger partial charge on any atom is 0.256 e. The maximum absolute atomic E-state index is 11.6. The molecule has 0 radical (unpaired) electrons. The van der Waals surface area contributed by atoms with Crippen LogP contribution in [0.2, 0.25) is 5.22 Å². The lowest BCUT2D eigenvalue weighted by atomic mass is 10.1. The standard InChI is InChI=1S/C12H18ClNO3/c1-9(2)3-6-16-8-5-14-12(15)10-4-7-17-11(10)13/h4,7,9H,3,5-6,8H2,1-2H3,(H,14,15). The summed E-state index contributed by atoms with van der Waals surface area (Å²) in [6, 6.07) is 1.54. The van der Waals surface area contributed by atoms with Gasteiger partial charge in [0.05, 0.1) is 18.4 Å². The van der Waals surface area contributed by atoms with Gasteiger partial charge in [0.15, 0.2) is 0 Å². The van der Waals surface area contributed by atoms with Crippen molar-refractivity contribution in [1.29, 1.82) is 0 Å². The molecule has 96 valence electrons. The van der Waals surface area contributed by atoms with Gasteiger partial charge in [0.2, 0.25) is 5.22 Å². The number of furan rings is 1. The minimum absolute atomic E-state index is 0.114. The van der Waals surface area contributed by atoms with Crippen LogP contribution in [-0.4, -0.2) is 25.7 Å². The van der Waals surface area contributed by atoms with Crippen LogP contribution < -0.4 is 5.32 Å². The lowest BCUT2D eigenvalue weighted by Crippen LogP contribution is -2.27. The summed E-state index contributed by atoms with van der Waals surface area (Å²) in [6.07, 6.45) is 2.41. The first-order valence-corrected chi connectivity index (χ1v) is 6.08. The van der Waals surface area contributed by atoms with Gasteiger partial charge in [-0.25, -0.2) is 0 Å². The van der Waals surface area contributed by atoms with E-state index in [9.17, 15) is 4.79 Å². The SMILES string of the molecule is CC(C)CCOCCNC(=O)c1ccoc1Cl. The highest BCUT2D eigenvalue weighted by molar-refractivity contribution is 6.32. The highest BCUT2D eigenvalue weighted by Gasteiger charge is 2.11. The van der Waals surface area contributed by atoms with Gasteiger partial charge in [-0.15, -0.1) is 0 Å². The molecule has 1 rings (SSSR count). The number of halogens is 1. The van der Waals surface area contributed by atoms with Gasteiger partial charge in [-0.2, -0.15) is 0 Å². The van der Waals surface area contributed by atoms with Crippen LogP contribution in [0.15, 0.2) is 16.7 Å². The Morgan fingerprint density at radius 2 is 2.29 bits per heavy atom. The summed E-state index contributed by atoms with van der Waals surface area (Å²) in [6.45, 7) is 5.99. The lowest BCUT2D eigenvalue weighted by molar-refractivity contribution is 0.0905. The van der Waals surface area contributed by atoms with Crippen LogP contribution in [0.25, 0.3) is 0 Å². The molecule has 0 saturated heterocycles. The van der Waals surface area contributed by atoms with Crippen LogP contribution in [0.5, 0.6) is 0 Å². The van der Waals surface area contributed by atoms with Gasteiger partial charge in [-0.3, -0.25) is 4.79 Å². The summed E-state index contributed by atoms with van der Waals surface area (Å²) in [5, 5.41) is 2.82. The van der Waals surface area contributed by atoms with Gasteiger partial charge < -0.3 is 14.5 Å². The largest absolute Gasteiger partial charge is 0.452 e. The second-order valence-corrected chi connectivity index (χ2v) is 4.50. The Hall–Kier alpha value is -1.00. The number of hydrogen-bond donors (Lipinski definition) is 1. The average Bonchev–Trinajstić information content (AvgIpc) is 2.69. The lowest BCUT2D eigenvalue weighted by Gasteiger charge is -2.07. The molecule has 0 saturated carbocycles. The molecule has 17 heavy (non-hydrogen) atoms. The van der Waals surface area contributed by atoms with E-state index in [0.29, 0.717) is 24.6 Å². The third-order valence-electron chi connectivity index (χ3n) is 2.23. The number of hydrogen-bond acceptors (Lipinski definition) is 3.